The number of piperazine rings is 1. The van der Waals surface area contributed by atoms with Gasteiger partial charge in [-0.15, -0.1) is 0 Å². The van der Waals surface area contributed by atoms with E-state index in [1.54, 1.807) is 0 Å². The Morgan fingerprint density at radius 1 is 1.39 bits per heavy atom. The smallest absolute Gasteiger partial charge is 0.246 e. The Morgan fingerprint density at radius 3 is 2.44 bits per heavy atom. The van der Waals surface area contributed by atoms with Crippen molar-refractivity contribution >= 4 is 11.8 Å². The molecule has 1 saturated carbocycles. The first-order valence-corrected chi connectivity index (χ1v) is 7.02. The van der Waals surface area contributed by atoms with Crippen LogP contribution in [0.4, 0.5) is 0 Å². The van der Waals surface area contributed by atoms with Gasteiger partial charge in [0.1, 0.15) is 11.6 Å². The lowest BCUT2D eigenvalue weighted by Gasteiger charge is -2.47. The third kappa shape index (κ3) is 2.13. The number of rotatable bonds is 4. The summed E-state index contributed by atoms with van der Waals surface area (Å²) in [4.78, 5) is 26.7. The van der Waals surface area contributed by atoms with Crippen LogP contribution in [-0.2, 0) is 9.59 Å². The van der Waals surface area contributed by atoms with E-state index in [0.717, 1.165) is 6.54 Å². The molecule has 1 saturated heterocycles. The minimum Gasteiger partial charge on any atom is -0.342 e. The van der Waals surface area contributed by atoms with Crippen molar-refractivity contribution in [3.05, 3.63) is 0 Å². The van der Waals surface area contributed by atoms with Gasteiger partial charge in [-0.3, -0.25) is 9.59 Å². The fourth-order valence-electron chi connectivity index (χ4n) is 2.55. The Labute approximate surface area is 109 Å². The van der Waals surface area contributed by atoms with Gasteiger partial charge in [0.2, 0.25) is 11.8 Å². The van der Waals surface area contributed by atoms with Gasteiger partial charge in [0.15, 0.2) is 0 Å². The summed E-state index contributed by atoms with van der Waals surface area (Å²) >= 11 is 0. The maximum Gasteiger partial charge on any atom is 0.246 e. The molecule has 2 fully saturated rings. The highest BCUT2D eigenvalue weighted by atomic mass is 16.2. The molecule has 2 amide bonds. The molecule has 2 rings (SSSR count). The molecule has 0 aromatic heterocycles. The minimum absolute atomic E-state index is 0.00366. The largest absolute Gasteiger partial charge is 0.342 e. The average molecular weight is 252 g/mol. The van der Waals surface area contributed by atoms with Gasteiger partial charge in [-0.1, -0.05) is 20.8 Å². The van der Waals surface area contributed by atoms with Crippen LogP contribution < -0.4 is 5.32 Å². The quantitative estimate of drug-likeness (QED) is 0.825. The summed E-state index contributed by atoms with van der Waals surface area (Å²) in [6.45, 7) is 8.57. The number of amides is 2. The molecular formula is C14H24N2O2. The Balaban J connectivity index is 2.26. The molecule has 0 spiro atoms. The lowest BCUT2D eigenvalue weighted by Crippen LogP contribution is -2.70. The summed E-state index contributed by atoms with van der Waals surface area (Å²) in [5.41, 5.74) is -0.662. The van der Waals surface area contributed by atoms with E-state index in [-0.39, 0.29) is 23.8 Å². The van der Waals surface area contributed by atoms with Crippen LogP contribution in [0.2, 0.25) is 0 Å². The lowest BCUT2D eigenvalue weighted by atomic mass is 9.87. The summed E-state index contributed by atoms with van der Waals surface area (Å²) < 4.78 is 0. The van der Waals surface area contributed by atoms with Gasteiger partial charge in [-0.05, 0) is 38.0 Å². The molecular weight excluding hydrogens is 228 g/mol. The molecule has 1 N–H and O–H groups in total. The summed E-state index contributed by atoms with van der Waals surface area (Å²) in [5.74, 6) is 0.855. The summed E-state index contributed by atoms with van der Waals surface area (Å²) in [5, 5.41) is 2.90. The first-order valence-electron chi connectivity index (χ1n) is 7.02. The van der Waals surface area contributed by atoms with Gasteiger partial charge >= 0.3 is 0 Å². The van der Waals surface area contributed by atoms with E-state index >= 15 is 0 Å². The van der Waals surface area contributed by atoms with Crippen LogP contribution in [0, 0.1) is 11.8 Å². The zero-order valence-electron chi connectivity index (χ0n) is 11.8. The molecule has 0 bridgehead atoms. The van der Waals surface area contributed by atoms with E-state index in [1.807, 2.05) is 32.6 Å². The van der Waals surface area contributed by atoms with Crippen molar-refractivity contribution in [1.82, 2.24) is 10.2 Å². The van der Waals surface area contributed by atoms with Crippen LogP contribution in [-0.4, -0.2) is 34.8 Å². The number of hydrogen-bond acceptors (Lipinski definition) is 2. The highest BCUT2D eigenvalue weighted by molar-refractivity contribution is 5.99. The van der Waals surface area contributed by atoms with Gasteiger partial charge in [-0.25, -0.2) is 0 Å². The van der Waals surface area contributed by atoms with Crippen LogP contribution in [0.15, 0.2) is 0 Å². The second-order valence-corrected chi connectivity index (χ2v) is 6.21. The Kier molecular flexibility index (Phi) is 3.39. The molecule has 102 valence electrons. The molecule has 4 nitrogen and oxygen atoms in total. The Bertz CT molecular complexity index is 363. The maximum absolute atomic E-state index is 12.6. The molecule has 18 heavy (non-hydrogen) atoms. The van der Waals surface area contributed by atoms with Crippen molar-refractivity contribution in [2.75, 3.05) is 6.54 Å². The van der Waals surface area contributed by atoms with E-state index in [9.17, 15) is 9.59 Å². The molecule has 2 atom stereocenters. The third-order valence-corrected chi connectivity index (χ3v) is 4.40. The van der Waals surface area contributed by atoms with Crippen molar-refractivity contribution in [3.8, 4) is 0 Å². The molecule has 1 heterocycles. The van der Waals surface area contributed by atoms with Gasteiger partial charge in [-0.2, -0.15) is 0 Å². The third-order valence-electron chi connectivity index (χ3n) is 4.40. The van der Waals surface area contributed by atoms with Gasteiger partial charge in [0.25, 0.3) is 0 Å². The van der Waals surface area contributed by atoms with E-state index in [1.165, 1.54) is 12.8 Å². The molecule has 1 aliphatic heterocycles. The molecule has 2 unspecified atom stereocenters. The van der Waals surface area contributed by atoms with Crippen LogP contribution >= 0.6 is 0 Å². The normalized spacial score (nSPS) is 32.9. The van der Waals surface area contributed by atoms with E-state index in [2.05, 4.69) is 5.32 Å². The minimum atomic E-state index is -0.662. The zero-order chi connectivity index (χ0) is 13.5. The number of nitrogens with zero attached hydrogens (tertiary/aromatic N) is 1. The Morgan fingerprint density at radius 2 is 2.00 bits per heavy atom. The van der Waals surface area contributed by atoms with E-state index in [4.69, 9.17) is 0 Å². The fourth-order valence-corrected chi connectivity index (χ4v) is 2.55. The van der Waals surface area contributed by atoms with Crippen molar-refractivity contribution in [2.24, 2.45) is 11.8 Å². The number of carbonyl (C=O) groups is 2. The average Bonchev–Trinajstić information content (AvgIpc) is 3.12. The second-order valence-electron chi connectivity index (χ2n) is 6.21. The van der Waals surface area contributed by atoms with Crippen molar-refractivity contribution < 1.29 is 9.59 Å². The van der Waals surface area contributed by atoms with E-state index in [0.29, 0.717) is 12.3 Å². The standard InChI is InChI=1S/C14H24N2O2/c1-5-14(4)13(18)15-11(9(2)3)12(17)16(14)8-10-6-7-10/h9-11H,5-8H2,1-4H3,(H,15,18). The molecule has 0 aromatic carbocycles. The number of carbonyl (C=O) groups excluding carboxylic acids is 2. The topological polar surface area (TPSA) is 49.4 Å². The van der Waals surface area contributed by atoms with Crippen molar-refractivity contribution in [3.63, 3.8) is 0 Å². The summed E-state index contributed by atoms with van der Waals surface area (Å²) in [6, 6.07) is -0.351. The van der Waals surface area contributed by atoms with Crippen LogP contribution in [0.3, 0.4) is 0 Å². The molecule has 0 aromatic rings. The predicted molar refractivity (Wildman–Crippen MR) is 69.9 cm³/mol. The Hall–Kier alpha value is -1.06. The second kappa shape index (κ2) is 4.56. The highest BCUT2D eigenvalue weighted by Gasteiger charge is 2.50. The number of hydrogen-bond donors (Lipinski definition) is 1. The lowest BCUT2D eigenvalue weighted by molar-refractivity contribution is -0.158. The monoisotopic (exact) mass is 252 g/mol. The van der Waals surface area contributed by atoms with Crippen LogP contribution in [0.25, 0.3) is 0 Å². The SMILES string of the molecule is CCC1(C)C(=O)NC(C(C)C)C(=O)N1CC1CC1. The van der Waals surface area contributed by atoms with Gasteiger partial charge in [0.05, 0.1) is 0 Å². The summed E-state index contributed by atoms with van der Waals surface area (Å²) in [6.07, 6.45) is 3.05. The highest BCUT2D eigenvalue weighted by Crippen LogP contribution is 2.35. The molecule has 4 heteroatoms. The first-order chi connectivity index (χ1) is 8.40. The van der Waals surface area contributed by atoms with Crippen LogP contribution in [0.5, 0.6) is 0 Å². The van der Waals surface area contributed by atoms with Gasteiger partial charge in [0, 0.05) is 6.54 Å². The van der Waals surface area contributed by atoms with Crippen LogP contribution in [0.1, 0.15) is 47.0 Å². The molecule has 2 aliphatic rings. The molecule has 1 aliphatic carbocycles. The predicted octanol–water partition coefficient (Wildman–Crippen LogP) is 1.55. The van der Waals surface area contributed by atoms with Gasteiger partial charge < -0.3 is 10.2 Å². The summed E-state index contributed by atoms with van der Waals surface area (Å²) in [7, 11) is 0. The number of nitrogens with one attached hydrogen (secondary N) is 1. The van der Waals surface area contributed by atoms with E-state index < -0.39 is 5.54 Å². The maximum atomic E-state index is 12.6. The van der Waals surface area contributed by atoms with Crippen molar-refractivity contribution in [1.29, 1.82) is 0 Å². The zero-order valence-corrected chi connectivity index (χ0v) is 11.8. The fraction of sp³-hybridized carbons (Fsp3) is 0.857. The first kappa shape index (κ1) is 13.4. The van der Waals surface area contributed by atoms with Crippen molar-refractivity contribution in [2.45, 2.75) is 58.5 Å². The molecule has 0 radical (unpaired) electrons.